The van der Waals surface area contributed by atoms with E-state index in [0.717, 1.165) is 16.5 Å². The molecule has 6 rings (SSSR count). The Morgan fingerprint density at radius 1 is 1.30 bits per heavy atom. The first-order valence-electron chi connectivity index (χ1n) is 11.3. The third-order valence-corrected chi connectivity index (χ3v) is 7.23. The van der Waals surface area contributed by atoms with Crippen LogP contribution in [0.5, 0.6) is 0 Å². The van der Waals surface area contributed by atoms with Crippen LogP contribution < -0.4 is 11.0 Å². The highest BCUT2D eigenvalue weighted by atomic mass is 16.5. The second-order valence-electron chi connectivity index (χ2n) is 9.09. The number of ether oxygens (including phenoxy) is 1. The van der Waals surface area contributed by atoms with Crippen LogP contribution >= 0.6 is 0 Å². The van der Waals surface area contributed by atoms with Crippen molar-refractivity contribution >= 4 is 28.4 Å². The summed E-state index contributed by atoms with van der Waals surface area (Å²) < 4.78 is 9.09. The van der Waals surface area contributed by atoms with Crippen LogP contribution in [0, 0.1) is 18.8 Å². The molecular weight excluding hydrogens is 422 g/mol. The van der Waals surface area contributed by atoms with Gasteiger partial charge in [0, 0.05) is 13.1 Å². The molecule has 4 atom stereocenters. The van der Waals surface area contributed by atoms with Crippen LogP contribution in [-0.2, 0) is 20.9 Å². The standard InChI is InChI=1S/C24H25N5O4/c1-3-27-13-24-9-8-17(33-24)18(19(24)22(27)31)21(30)25-10-11-28-23(32)29-16-7-5-4-6-15(16)12-14(2)20(29)26-28/h4-9,12,17-19H,3,10-11,13H2,1-2H3,(H,25,30)/t17-,18-,19+,24-/m1/s1. The van der Waals surface area contributed by atoms with E-state index in [2.05, 4.69) is 10.4 Å². The molecule has 9 nitrogen and oxygen atoms in total. The number of pyridine rings is 1. The molecule has 1 aromatic carbocycles. The Kier molecular flexibility index (Phi) is 4.29. The third kappa shape index (κ3) is 2.75. The van der Waals surface area contributed by atoms with Crippen LogP contribution in [-0.4, -0.2) is 62.2 Å². The first-order chi connectivity index (χ1) is 15.9. The summed E-state index contributed by atoms with van der Waals surface area (Å²) in [5, 5.41) is 8.38. The lowest BCUT2D eigenvalue weighted by atomic mass is 9.77. The Morgan fingerprint density at radius 2 is 2.12 bits per heavy atom. The number of benzene rings is 1. The van der Waals surface area contributed by atoms with Gasteiger partial charge in [-0.25, -0.2) is 13.9 Å². The predicted molar refractivity (Wildman–Crippen MR) is 121 cm³/mol. The first-order valence-corrected chi connectivity index (χ1v) is 11.3. The molecule has 1 spiro atoms. The van der Waals surface area contributed by atoms with Gasteiger partial charge in [0.2, 0.25) is 11.8 Å². The summed E-state index contributed by atoms with van der Waals surface area (Å²) in [4.78, 5) is 40.8. The summed E-state index contributed by atoms with van der Waals surface area (Å²) in [7, 11) is 0. The quantitative estimate of drug-likeness (QED) is 0.586. The summed E-state index contributed by atoms with van der Waals surface area (Å²) in [6.45, 7) is 5.41. The molecular formula is C24H25N5O4. The number of hydrogen-bond acceptors (Lipinski definition) is 5. The van der Waals surface area contributed by atoms with Crippen molar-refractivity contribution in [2.45, 2.75) is 32.1 Å². The van der Waals surface area contributed by atoms with E-state index in [1.54, 1.807) is 9.30 Å². The SMILES string of the molecule is CCN1C[C@@]23C=C[C@@H](O2)[C@@H](C(=O)NCCn2nc4c(C)cc5ccccc5n4c2=O)[C@H]3C1=O. The smallest absolute Gasteiger partial charge is 0.350 e. The van der Waals surface area contributed by atoms with Crippen molar-refractivity contribution in [1.29, 1.82) is 0 Å². The maximum absolute atomic E-state index is 13.1. The third-order valence-electron chi connectivity index (χ3n) is 7.23. The largest absolute Gasteiger partial charge is 0.360 e. The van der Waals surface area contributed by atoms with E-state index in [4.69, 9.17) is 4.74 Å². The van der Waals surface area contributed by atoms with E-state index in [0.29, 0.717) is 18.7 Å². The number of rotatable bonds is 5. The van der Waals surface area contributed by atoms with E-state index < -0.39 is 17.4 Å². The van der Waals surface area contributed by atoms with E-state index in [1.165, 1.54) is 4.68 Å². The Balaban J connectivity index is 1.21. The van der Waals surface area contributed by atoms with E-state index >= 15 is 0 Å². The molecule has 2 bridgehead atoms. The Hall–Kier alpha value is -3.46. The molecule has 2 aromatic heterocycles. The number of nitrogens with zero attached hydrogens (tertiary/aromatic N) is 4. The maximum Gasteiger partial charge on any atom is 0.350 e. The van der Waals surface area contributed by atoms with Gasteiger partial charge in [-0.05, 0) is 36.9 Å². The molecule has 3 aliphatic rings. The average Bonchev–Trinajstić information content (AvgIpc) is 3.53. The Morgan fingerprint density at radius 3 is 2.94 bits per heavy atom. The summed E-state index contributed by atoms with van der Waals surface area (Å²) in [6, 6.07) is 9.71. The van der Waals surface area contributed by atoms with Crippen molar-refractivity contribution in [2.75, 3.05) is 19.6 Å². The minimum atomic E-state index is -0.684. The van der Waals surface area contributed by atoms with Gasteiger partial charge in [0.25, 0.3) is 0 Å². The summed E-state index contributed by atoms with van der Waals surface area (Å²) >= 11 is 0. The average molecular weight is 447 g/mol. The van der Waals surface area contributed by atoms with Crippen molar-refractivity contribution in [2.24, 2.45) is 11.8 Å². The van der Waals surface area contributed by atoms with Crippen LogP contribution in [0.25, 0.3) is 16.6 Å². The van der Waals surface area contributed by atoms with Gasteiger partial charge >= 0.3 is 5.69 Å². The molecule has 3 aromatic rings. The van der Waals surface area contributed by atoms with Gasteiger partial charge in [0.05, 0.1) is 36.5 Å². The second kappa shape index (κ2) is 7.02. The number of nitrogens with one attached hydrogen (secondary N) is 1. The molecule has 1 N–H and O–H groups in total. The molecule has 0 saturated carbocycles. The molecule has 0 radical (unpaired) electrons. The number of fused-ring (bicyclic) bond motifs is 4. The number of hydrogen-bond donors (Lipinski definition) is 1. The van der Waals surface area contributed by atoms with E-state index in [-0.39, 0.29) is 36.7 Å². The van der Waals surface area contributed by atoms with E-state index in [9.17, 15) is 14.4 Å². The van der Waals surface area contributed by atoms with Gasteiger partial charge in [-0.3, -0.25) is 9.59 Å². The summed E-state index contributed by atoms with van der Waals surface area (Å²) in [6.07, 6.45) is 3.46. The Bertz CT molecular complexity index is 1410. The topological polar surface area (TPSA) is 97.9 Å². The normalized spacial score (nSPS) is 27.8. The zero-order valence-electron chi connectivity index (χ0n) is 18.5. The molecule has 2 amide bonds. The number of likely N-dealkylation sites (tertiary alicyclic amines) is 1. The van der Waals surface area contributed by atoms with Crippen molar-refractivity contribution in [3.05, 3.63) is 58.5 Å². The van der Waals surface area contributed by atoms with Gasteiger partial charge in [-0.2, -0.15) is 0 Å². The molecule has 0 unspecified atom stereocenters. The number of carbonyl (C=O) groups excluding carboxylic acids is 2. The van der Waals surface area contributed by atoms with Crippen LogP contribution in [0.2, 0.25) is 0 Å². The molecule has 3 aliphatic heterocycles. The molecule has 33 heavy (non-hydrogen) atoms. The fourth-order valence-electron chi connectivity index (χ4n) is 5.69. The predicted octanol–water partition coefficient (Wildman–Crippen LogP) is 0.876. The first kappa shape index (κ1) is 20.2. The van der Waals surface area contributed by atoms with Gasteiger partial charge in [0.15, 0.2) is 5.65 Å². The number of amides is 2. The Labute approximate surface area is 189 Å². The molecule has 5 heterocycles. The monoisotopic (exact) mass is 447 g/mol. The fourth-order valence-corrected chi connectivity index (χ4v) is 5.69. The van der Waals surface area contributed by atoms with Gasteiger partial charge in [-0.15, -0.1) is 5.10 Å². The fraction of sp³-hybridized carbons (Fsp3) is 0.417. The van der Waals surface area contributed by atoms with Crippen molar-refractivity contribution in [1.82, 2.24) is 24.4 Å². The lowest BCUT2D eigenvalue weighted by molar-refractivity contribution is -0.137. The highest BCUT2D eigenvalue weighted by Crippen LogP contribution is 2.51. The number of likely N-dealkylation sites (N-methyl/N-ethyl adjacent to an activating group) is 1. The van der Waals surface area contributed by atoms with E-state index in [1.807, 2.05) is 56.3 Å². The van der Waals surface area contributed by atoms with Crippen LogP contribution in [0.4, 0.5) is 0 Å². The highest BCUT2D eigenvalue weighted by Gasteiger charge is 2.66. The zero-order valence-corrected chi connectivity index (χ0v) is 18.5. The van der Waals surface area contributed by atoms with Gasteiger partial charge < -0.3 is 15.0 Å². The number of aromatic nitrogens is 3. The molecule has 9 heteroatoms. The second-order valence-corrected chi connectivity index (χ2v) is 9.09. The van der Waals surface area contributed by atoms with Crippen LogP contribution in [0.15, 0.2) is 47.3 Å². The maximum atomic E-state index is 13.1. The summed E-state index contributed by atoms with van der Waals surface area (Å²) in [5.74, 6) is -1.29. The molecule has 2 saturated heterocycles. The summed E-state index contributed by atoms with van der Waals surface area (Å²) in [5.41, 5.74) is 1.39. The number of carbonyl (C=O) groups is 2. The zero-order chi connectivity index (χ0) is 22.9. The molecule has 170 valence electrons. The van der Waals surface area contributed by atoms with Crippen molar-refractivity contribution in [3.8, 4) is 0 Å². The van der Waals surface area contributed by atoms with Gasteiger partial charge in [-0.1, -0.05) is 30.4 Å². The number of aryl methyl sites for hydroxylation is 1. The highest BCUT2D eigenvalue weighted by molar-refractivity contribution is 5.93. The lowest BCUT2D eigenvalue weighted by Crippen LogP contribution is -2.45. The van der Waals surface area contributed by atoms with Crippen LogP contribution in [0.1, 0.15) is 12.5 Å². The minimum Gasteiger partial charge on any atom is -0.360 e. The lowest BCUT2D eigenvalue weighted by Gasteiger charge is -2.23. The molecule has 0 aliphatic carbocycles. The van der Waals surface area contributed by atoms with Crippen LogP contribution in [0.3, 0.4) is 0 Å². The molecule has 2 fully saturated rings. The number of para-hydroxylation sites is 1. The van der Waals surface area contributed by atoms with Crippen molar-refractivity contribution in [3.63, 3.8) is 0 Å². The van der Waals surface area contributed by atoms with Gasteiger partial charge in [0.1, 0.15) is 5.60 Å². The van der Waals surface area contributed by atoms with Crippen molar-refractivity contribution < 1.29 is 14.3 Å². The minimum absolute atomic E-state index is 0.0246.